The number of rotatable bonds is 2. The molecule has 1 nitrogen and oxygen atoms in total. The SMILES string of the molecule is Fc1cccc(Cc2cccc3c2NCCC3)c1F. The van der Waals surface area contributed by atoms with E-state index in [0.29, 0.717) is 12.0 Å². The first-order valence-corrected chi connectivity index (χ1v) is 6.53. The molecule has 0 fully saturated rings. The minimum atomic E-state index is -0.782. The highest BCUT2D eigenvalue weighted by Gasteiger charge is 2.14. The zero-order chi connectivity index (χ0) is 13.2. The van der Waals surface area contributed by atoms with Crippen molar-refractivity contribution in [2.24, 2.45) is 0 Å². The Bertz CT molecular complexity index is 608. The molecule has 0 atom stereocenters. The van der Waals surface area contributed by atoms with E-state index in [0.717, 1.165) is 36.7 Å². The zero-order valence-corrected chi connectivity index (χ0v) is 10.5. The van der Waals surface area contributed by atoms with Crippen LogP contribution in [0.3, 0.4) is 0 Å². The molecule has 1 aliphatic rings. The number of aryl methyl sites for hydroxylation is 1. The predicted molar refractivity (Wildman–Crippen MR) is 72.4 cm³/mol. The fraction of sp³-hybridized carbons (Fsp3) is 0.250. The Morgan fingerprint density at radius 2 is 1.79 bits per heavy atom. The molecule has 0 unspecified atom stereocenters. The second-order valence-electron chi connectivity index (χ2n) is 4.87. The Morgan fingerprint density at radius 3 is 2.68 bits per heavy atom. The van der Waals surface area contributed by atoms with Crippen molar-refractivity contribution in [2.45, 2.75) is 19.3 Å². The molecule has 3 heteroatoms. The van der Waals surface area contributed by atoms with Crippen molar-refractivity contribution >= 4 is 5.69 Å². The fourth-order valence-corrected chi connectivity index (χ4v) is 2.62. The van der Waals surface area contributed by atoms with Gasteiger partial charge in [-0.15, -0.1) is 0 Å². The van der Waals surface area contributed by atoms with Crippen LogP contribution in [0.15, 0.2) is 36.4 Å². The maximum Gasteiger partial charge on any atom is 0.162 e. The van der Waals surface area contributed by atoms with Crippen LogP contribution in [0.25, 0.3) is 0 Å². The molecule has 0 aliphatic carbocycles. The number of hydrogen-bond acceptors (Lipinski definition) is 1. The van der Waals surface area contributed by atoms with Crippen molar-refractivity contribution in [1.29, 1.82) is 0 Å². The highest BCUT2D eigenvalue weighted by atomic mass is 19.2. The summed E-state index contributed by atoms with van der Waals surface area (Å²) in [6, 6.07) is 10.4. The first-order chi connectivity index (χ1) is 9.25. The van der Waals surface area contributed by atoms with Gasteiger partial charge in [0.2, 0.25) is 0 Å². The number of benzene rings is 2. The second-order valence-corrected chi connectivity index (χ2v) is 4.87. The van der Waals surface area contributed by atoms with E-state index in [9.17, 15) is 8.78 Å². The summed E-state index contributed by atoms with van der Waals surface area (Å²) in [5.74, 6) is -1.52. The molecule has 1 heterocycles. The van der Waals surface area contributed by atoms with Crippen LogP contribution in [0.5, 0.6) is 0 Å². The van der Waals surface area contributed by atoms with E-state index in [2.05, 4.69) is 11.4 Å². The molecule has 2 aromatic rings. The van der Waals surface area contributed by atoms with Gasteiger partial charge in [-0.05, 0) is 35.6 Å². The van der Waals surface area contributed by atoms with Gasteiger partial charge in [-0.25, -0.2) is 8.78 Å². The van der Waals surface area contributed by atoms with Crippen LogP contribution in [0.4, 0.5) is 14.5 Å². The monoisotopic (exact) mass is 259 g/mol. The van der Waals surface area contributed by atoms with Crippen molar-refractivity contribution in [1.82, 2.24) is 0 Å². The Morgan fingerprint density at radius 1 is 1.00 bits per heavy atom. The molecule has 2 aromatic carbocycles. The standard InChI is InChI=1S/C16H15F2N/c17-14-8-2-5-12(15(14)18)10-13-6-1-4-11-7-3-9-19-16(11)13/h1-2,4-6,8,19H,3,7,9-10H2. The van der Waals surface area contributed by atoms with Gasteiger partial charge in [0.25, 0.3) is 0 Å². The van der Waals surface area contributed by atoms with Crippen LogP contribution in [-0.4, -0.2) is 6.54 Å². The van der Waals surface area contributed by atoms with E-state index >= 15 is 0 Å². The summed E-state index contributed by atoms with van der Waals surface area (Å²) in [7, 11) is 0. The van der Waals surface area contributed by atoms with E-state index in [1.54, 1.807) is 12.1 Å². The molecule has 1 aliphatic heterocycles. The summed E-state index contributed by atoms with van der Waals surface area (Å²) >= 11 is 0. The average molecular weight is 259 g/mol. The maximum absolute atomic E-state index is 13.7. The van der Waals surface area contributed by atoms with Gasteiger partial charge in [-0.2, -0.15) is 0 Å². The third-order valence-electron chi connectivity index (χ3n) is 3.57. The second kappa shape index (κ2) is 5.00. The summed E-state index contributed by atoms with van der Waals surface area (Å²) < 4.78 is 27.0. The van der Waals surface area contributed by atoms with Gasteiger partial charge >= 0.3 is 0 Å². The van der Waals surface area contributed by atoms with E-state index in [4.69, 9.17) is 0 Å². The first-order valence-electron chi connectivity index (χ1n) is 6.53. The lowest BCUT2D eigenvalue weighted by atomic mass is 9.95. The number of anilines is 1. The molecule has 0 saturated heterocycles. The molecule has 0 radical (unpaired) electrons. The van der Waals surface area contributed by atoms with Crippen molar-refractivity contribution < 1.29 is 8.78 Å². The number of fused-ring (bicyclic) bond motifs is 1. The highest BCUT2D eigenvalue weighted by Crippen LogP contribution is 2.28. The summed E-state index contributed by atoms with van der Waals surface area (Å²) in [5.41, 5.74) is 3.79. The van der Waals surface area contributed by atoms with E-state index in [-0.39, 0.29) is 0 Å². The van der Waals surface area contributed by atoms with Crippen LogP contribution >= 0.6 is 0 Å². The van der Waals surface area contributed by atoms with Crippen LogP contribution < -0.4 is 5.32 Å². The molecular weight excluding hydrogens is 244 g/mol. The van der Waals surface area contributed by atoms with Crippen molar-refractivity contribution in [3.05, 3.63) is 64.7 Å². The van der Waals surface area contributed by atoms with Gasteiger partial charge in [-0.3, -0.25) is 0 Å². The Labute approximate surface area is 111 Å². The lowest BCUT2D eigenvalue weighted by Crippen LogP contribution is -2.14. The molecule has 0 bridgehead atoms. The highest BCUT2D eigenvalue weighted by molar-refractivity contribution is 5.60. The summed E-state index contributed by atoms with van der Waals surface area (Å²) in [4.78, 5) is 0. The average Bonchev–Trinajstić information content (AvgIpc) is 2.44. The van der Waals surface area contributed by atoms with Gasteiger partial charge in [0, 0.05) is 18.7 Å². The van der Waals surface area contributed by atoms with Crippen LogP contribution in [0.2, 0.25) is 0 Å². The minimum absolute atomic E-state index is 0.403. The third-order valence-corrected chi connectivity index (χ3v) is 3.57. The quantitative estimate of drug-likeness (QED) is 0.862. The van der Waals surface area contributed by atoms with E-state index < -0.39 is 11.6 Å². The predicted octanol–water partition coefficient (Wildman–Crippen LogP) is 3.91. The van der Waals surface area contributed by atoms with Crippen molar-refractivity contribution in [3.63, 3.8) is 0 Å². The van der Waals surface area contributed by atoms with Crippen LogP contribution in [0, 0.1) is 11.6 Å². The zero-order valence-electron chi connectivity index (χ0n) is 10.5. The first kappa shape index (κ1) is 12.2. The minimum Gasteiger partial charge on any atom is -0.385 e. The smallest absolute Gasteiger partial charge is 0.162 e. The van der Waals surface area contributed by atoms with Gasteiger partial charge in [-0.1, -0.05) is 30.3 Å². The molecule has 19 heavy (non-hydrogen) atoms. The number of nitrogens with one attached hydrogen (secondary N) is 1. The van der Waals surface area contributed by atoms with E-state index in [1.807, 2.05) is 12.1 Å². The van der Waals surface area contributed by atoms with Gasteiger partial charge in [0.15, 0.2) is 11.6 Å². The summed E-state index contributed by atoms with van der Waals surface area (Å²) in [6.07, 6.45) is 2.58. The number of para-hydroxylation sites is 1. The molecule has 0 spiro atoms. The Kier molecular flexibility index (Phi) is 3.20. The van der Waals surface area contributed by atoms with Gasteiger partial charge in [0.1, 0.15) is 0 Å². The Hall–Kier alpha value is -1.90. The van der Waals surface area contributed by atoms with Gasteiger partial charge < -0.3 is 5.32 Å². The van der Waals surface area contributed by atoms with Crippen molar-refractivity contribution in [3.8, 4) is 0 Å². The number of halogens is 2. The Balaban J connectivity index is 1.97. The molecule has 3 rings (SSSR count). The maximum atomic E-state index is 13.7. The molecule has 0 aromatic heterocycles. The molecule has 98 valence electrons. The lowest BCUT2D eigenvalue weighted by Gasteiger charge is -2.21. The summed E-state index contributed by atoms with van der Waals surface area (Å²) in [6.45, 7) is 0.940. The van der Waals surface area contributed by atoms with Crippen molar-refractivity contribution in [2.75, 3.05) is 11.9 Å². The molecule has 1 N–H and O–H groups in total. The lowest BCUT2D eigenvalue weighted by molar-refractivity contribution is 0.501. The fourth-order valence-electron chi connectivity index (χ4n) is 2.62. The molecular formula is C16H15F2N. The normalized spacial score (nSPS) is 13.8. The van der Waals surface area contributed by atoms with E-state index in [1.165, 1.54) is 5.56 Å². The number of hydrogen-bond donors (Lipinski definition) is 1. The largest absolute Gasteiger partial charge is 0.385 e. The molecule has 0 saturated carbocycles. The summed E-state index contributed by atoms with van der Waals surface area (Å²) in [5, 5.41) is 3.37. The van der Waals surface area contributed by atoms with Gasteiger partial charge in [0.05, 0.1) is 0 Å². The third kappa shape index (κ3) is 2.33. The topological polar surface area (TPSA) is 12.0 Å². The van der Waals surface area contributed by atoms with Crippen LogP contribution in [0.1, 0.15) is 23.1 Å². The molecule has 0 amide bonds. The van der Waals surface area contributed by atoms with Crippen LogP contribution in [-0.2, 0) is 12.8 Å².